The third-order valence-electron chi connectivity index (χ3n) is 12.3. The third kappa shape index (κ3) is 7.38. The zero-order valence-corrected chi connectivity index (χ0v) is 37.3. The molecule has 1 unspecified atom stereocenters. The van der Waals surface area contributed by atoms with Crippen molar-refractivity contribution in [1.29, 1.82) is 0 Å². The monoisotopic (exact) mass is 890 g/mol. The summed E-state index contributed by atoms with van der Waals surface area (Å²) in [5, 5.41) is 66.0. The van der Waals surface area contributed by atoms with E-state index in [0.717, 1.165) is 22.3 Å². The molecule has 0 aliphatic heterocycles. The van der Waals surface area contributed by atoms with Crippen LogP contribution in [0.5, 0.6) is 46.0 Å². The largest absolute Gasteiger partial charge is 0.508 e. The summed E-state index contributed by atoms with van der Waals surface area (Å²) in [5.74, 6) is -1.89. The molecule has 1 atom stereocenters. The lowest BCUT2D eigenvalue weighted by Gasteiger charge is -2.54. The van der Waals surface area contributed by atoms with Crippen LogP contribution in [0.4, 0.5) is 0 Å². The Balaban J connectivity index is 2.01. The molecule has 0 radical (unpaired) electrons. The van der Waals surface area contributed by atoms with Gasteiger partial charge in [0.25, 0.3) is 0 Å². The number of hydrogen-bond acceptors (Lipinski definition) is 8. The highest BCUT2D eigenvalue weighted by molar-refractivity contribution is 6.38. The molecule has 6 N–H and O–H groups in total. The van der Waals surface area contributed by atoms with Gasteiger partial charge < -0.3 is 40.1 Å². The molecule has 0 aromatic heterocycles. The van der Waals surface area contributed by atoms with E-state index in [1.807, 2.05) is 58.9 Å². The first-order valence-corrected chi connectivity index (χ1v) is 20.4. The van der Waals surface area contributed by atoms with E-state index < -0.39 is 22.7 Å². The Bertz CT molecular complexity index is 2390. The zero-order valence-electron chi connectivity index (χ0n) is 34.2. The predicted octanol–water partition coefficient (Wildman–Crippen LogP) is 12.5. The minimum absolute atomic E-state index is 0.0294. The summed E-state index contributed by atoms with van der Waals surface area (Å²) in [6, 6.07) is 23.5. The van der Waals surface area contributed by atoms with Gasteiger partial charge in [0.2, 0.25) is 0 Å². The molecule has 0 bridgehead atoms. The van der Waals surface area contributed by atoms with Gasteiger partial charge in [-0.3, -0.25) is 0 Å². The summed E-state index contributed by atoms with van der Waals surface area (Å²) in [7, 11) is 2.96. The van der Waals surface area contributed by atoms with Crippen molar-refractivity contribution in [2.75, 3.05) is 14.2 Å². The van der Waals surface area contributed by atoms with Crippen LogP contribution in [0.2, 0.25) is 20.1 Å². The molecule has 8 nitrogen and oxygen atoms in total. The maximum atomic E-state index is 11.3. The first-order valence-electron chi connectivity index (χ1n) is 18.9. The van der Waals surface area contributed by atoms with Crippen molar-refractivity contribution >= 4 is 46.4 Å². The first-order chi connectivity index (χ1) is 28.2. The molecular formula is C48H46Cl4O8. The van der Waals surface area contributed by atoms with Crippen LogP contribution in [0.15, 0.2) is 84.9 Å². The highest BCUT2D eigenvalue weighted by Crippen LogP contribution is 2.62. The number of halogens is 4. The maximum absolute atomic E-state index is 11.3. The van der Waals surface area contributed by atoms with Crippen LogP contribution in [0, 0.1) is 33.6 Å². The van der Waals surface area contributed by atoms with Gasteiger partial charge in [-0.25, -0.2) is 0 Å². The Morgan fingerprint density at radius 3 is 1.07 bits per heavy atom. The number of phenols is 6. The second kappa shape index (κ2) is 16.7. The summed E-state index contributed by atoms with van der Waals surface area (Å²) in [6.45, 7) is 11.6. The van der Waals surface area contributed by atoms with Crippen molar-refractivity contribution in [3.8, 4) is 46.0 Å². The van der Waals surface area contributed by atoms with Crippen molar-refractivity contribution in [1.82, 2.24) is 0 Å². The number of rotatable bonds is 11. The average Bonchev–Trinajstić information content (AvgIpc) is 3.18. The molecule has 60 heavy (non-hydrogen) atoms. The molecule has 0 aliphatic rings. The number of aryl methyl sites for hydroxylation is 2. The van der Waals surface area contributed by atoms with Gasteiger partial charge in [-0.2, -0.15) is 0 Å². The third-order valence-corrected chi connectivity index (χ3v) is 13.4. The fraction of sp³-hybridized carbons (Fsp3) is 0.250. The van der Waals surface area contributed by atoms with Gasteiger partial charge in [-0.1, -0.05) is 84.5 Å². The maximum Gasteiger partial charge on any atom is 0.163 e. The van der Waals surface area contributed by atoms with Gasteiger partial charge in [0, 0.05) is 16.7 Å². The summed E-state index contributed by atoms with van der Waals surface area (Å²) in [4.78, 5) is 0. The second-order valence-corrected chi connectivity index (χ2v) is 17.2. The Morgan fingerprint density at radius 2 is 0.767 bits per heavy atom. The van der Waals surface area contributed by atoms with Gasteiger partial charge >= 0.3 is 0 Å². The van der Waals surface area contributed by atoms with Crippen LogP contribution < -0.4 is 9.47 Å². The average molecular weight is 893 g/mol. The van der Waals surface area contributed by atoms with Crippen molar-refractivity contribution in [2.24, 2.45) is 5.92 Å². The molecular weight excluding hydrogens is 846 g/mol. The molecule has 0 amide bonds. The zero-order chi connectivity index (χ0) is 44.2. The van der Waals surface area contributed by atoms with Crippen LogP contribution >= 0.6 is 46.4 Å². The van der Waals surface area contributed by atoms with Crippen molar-refractivity contribution < 1.29 is 40.1 Å². The van der Waals surface area contributed by atoms with Crippen LogP contribution in [0.3, 0.4) is 0 Å². The number of aromatic hydroxyl groups is 6. The highest BCUT2D eigenvalue weighted by Gasteiger charge is 2.55. The molecule has 6 aromatic rings. The van der Waals surface area contributed by atoms with E-state index in [1.54, 1.807) is 60.7 Å². The Labute approximate surface area is 369 Å². The van der Waals surface area contributed by atoms with Crippen LogP contribution in [0.1, 0.15) is 75.4 Å². The van der Waals surface area contributed by atoms with E-state index in [1.165, 1.54) is 14.2 Å². The molecule has 0 spiro atoms. The van der Waals surface area contributed by atoms with E-state index in [9.17, 15) is 30.6 Å². The lowest BCUT2D eigenvalue weighted by molar-refractivity contribution is 0.206. The minimum atomic E-state index is -1.38. The normalized spacial score (nSPS) is 12.5. The number of phenolic OH excluding ortho intramolecular Hbond substituents is 6. The highest BCUT2D eigenvalue weighted by atomic mass is 35.5. The number of hydrogen-bond donors (Lipinski definition) is 6. The molecule has 12 heteroatoms. The number of ether oxygens (including phenoxy) is 2. The van der Waals surface area contributed by atoms with Gasteiger partial charge in [-0.05, 0) is 150 Å². The quantitative estimate of drug-likeness (QED) is 0.0756. The molecule has 0 heterocycles. The Hall–Kier alpha value is -5.12. The van der Waals surface area contributed by atoms with Crippen LogP contribution in [0.25, 0.3) is 0 Å². The molecule has 6 rings (SSSR count). The number of benzene rings is 6. The Morgan fingerprint density at radius 1 is 0.467 bits per heavy atom. The van der Waals surface area contributed by atoms with Gasteiger partial charge in [0.1, 0.15) is 11.5 Å². The van der Waals surface area contributed by atoms with E-state index in [-0.39, 0.29) is 66.1 Å². The smallest absolute Gasteiger partial charge is 0.163 e. The minimum Gasteiger partial charge on any atom is -0.508 e. The second-order valence-electron chi connectivity index (χ2n) is 15.6. The lowest BCUT2D eigenvalue weighted by Crippen LogP contribution is -2.50. The fourth-order valence-electron chi connectivity index (χ4n) is 9.51. The van der Waals surface area contributed by atoms with Crippen molar-refractivity contribution in [2.45, 2.75) is 58.3 Å². The van der Waals surface area contributed by atoms with Crippen molar-refractivity contribution in [3.05, 3.63) is 161 Å². The van der Waals surface area contributed by atoms with E-state index in [4.69, 9.17) is 55.9 Å². The van der Waals surface area contributed by atoms with Gasteiger partial charge in [0.05, 0.1) is 34.3 Å². The van der Waals surface area contributed by atoms with E-state index in [2.05, 4.69) is 6.92 Å². The molecule has 0 fully saturated rings. The summed E-state index contributed by atoms with van der Waals surface area (Å²) in [6.07, 6.45) is 0. The van der Waals surface area contributed by atoms with Gasteiger partial charge in [-0.15, -0.1) is 0 Å². The SMILES string of the molecule is COc1c(O)cc(C)c(C(c2c(C)cc(O)c(OC)c2C)C(C(C)(c2ccc(O)cc2)c2ccc(O)cc2)C(C)(c2cc(Cl)c(O)c(Cl)c2)c2cc(Cl)c(O)c(Cl)c2)c1C. The lowest BCUT2D eigenvalue weighted by atomic mass is 9.48. The summed E-state index contributed by atoms with van der Waals surface area (Å²) < 4.78 is 11.8. The molecule has 0 saturated heterocycles. The van der Waals surface area contributed by atoms with Crippen LogP contribution in [-0.2, 0) is 10.8 Å². The van der Waals surface area contributed by atoms with Crippen LogP contribution in [-0.4, -0.2) is 44.9 Å². The Kier molecular flexibility index (Phi) is 12.4. The fourth-order valence-corrected chi connectivity index (χ4v) is 10.5. The van der Waals surface area contributed by atoms with E-state index in [0.29, 0.717) is 33.4 Å². The summed E-state index contributed by atoms with van der Waals surface area (Å²) >= 11 is 27.4. The summed E-state index contributed by atoms with van der Waals surface area (Å²) in [5.41, 5.74) is 3.97. The topological polar surface area (TPSA) is 140 Å². The van der Waals surface area contributed by atoms with Gasteiger partial charge in [0.15, 0.2) is 34.5 Å². The van der Waals surface area contributed by atoms with Crippen molar-refractivity contribution in [3.63, 3.8) is 0 Å². The molecule has 314 valence electrons. The molecule has 6 aromatic carbocycles. The standard InChI is InChI=1S/C48H46Cl4O8/c1-23-17-37(55)44(59-7)25(3)39(23)41(40-24(2)18-38(56)45(60-8)26(40)4)46(47(5,27-9-13-31(53)14-10-27)28-11-15-32(54)16-12-28)48(6,29-19-33(49)42(57)34(50)20-29)30-21-35(51)43(58)36(52)22-30/h9-22,41,46,53-58H,1-8H3. The predicted molar refractivity (Wildman–Crippen MR) is 239 cm³/mol. The number of methoxy groups -OCH3 is 2. The molecule has 0 aliphatic carbocycles. The van der Waals surface area contributed by atoms with E-state index >= 15 is 0 Å². The first kappa shape index (κ1) is 44.4. The molecule has 0 saturated carbocycles.